The van der Waals surface area contributed by atoms with E-state index < -0.39 is 16.1 Å². The van der Waals surface area contributed by atoms with Crippen LogP contribution >= 0.6 is 22.6 Å². The maximum atomic E-state index is 11.6. The molecule has 1 N–H and O–H groups in total. The summed E-state index contributed by atoms with van der Waals surface area (Å²) in [5.41, 5.74) is 0.935. The minimum atomic E-state index is -3.12. The summed E-state index contributed by atoms with van der Waals surface area (Å²) in [5.74, 6) is 0.226. The van der Waals surface area contributed by atoms with E-state index in [4.69, 9.17) is 0 Å². The fourth-order valence-corrected chi connectivity index (χ4v) is 4.40. The number of nitrogens with zero attached hydrogens (tertiary/aromatic N) is 1. The predicted octanol–water partition coefficient (Wildman–Crippen LogP) is 2.39. The van der Waals surface area contributed by atoms with Gasteiger partial charge in [0.25, 0.3) is 0 Å². The van der Waals surface area contributed by atoms with E-state index in [1.807, 2.05) is 24.3 Å². The number of hydrogen-bond acceptors (Lipinski definition) is 3. The van der Waals surface area contributed by atoms with Gasteiger partial charge in [0.2, 0.25) is 10.0 Å². The third-order valence-electron chi connectivity index (χ3n) is 3.77. The van der Waals surface area contributed by atoms with Crippen molar-refractivity contribution in [3.8, 4) is 0 Å². The molecule has 0 radical (unpaired) electrons. The molecule has 2 unspecified atom stereocenters. The molecule has 2 rings (SSSR count). The second kappa shape index (κ2) is 6.72. The predicted molar refractivity (Wildman–Crippen MR) is 87.9 cm³/mol. The van der Waals surface area contributed by atoms with Crippen molar-refractivity contribution in [3.05, 3.63) is 33.4 Å². The third-order valence-corrected chi connectivity index (χ3v) is 6.02. The van der Waals surface area contributed by atoms with Crippen LogP contribution in [0.1, 0.15) is 30.9 Å². The molecular formula is C14H20INO3S. The molecule has 0 aromatic heterocycles. The van der Waals surface area contributed by atoms with Crippen LogP contribution in [0.25, 0.3) is 0 Å². The maximum absolute atomic E-state index is 11.6. The zero-order valence-corrected chi connectivity index (χ0v) is 14.5. The van der Waals surface area contributed by atoms with Crippen molar-refractivity contribution in [1.29, 1.82) is 0 Å². The summed E-state index contributed by atoms with van der Waals surface area (Å²) in [4.78, 5) is 0. The number of sulfonamides is 1. The number of aliphatic hydroxyl groups is 1. The minimum absolute atomic E-state index is 0.226. The van der Waals surface area contributed by atoms with Crippen molar-refractivity contribution in [2.24, 2.45) is 5.92 Å². The highest BCUT2D eigenvalue weighted by Gasteiger charge is 2.27. The molecule has 0 aliphatic carbocycles. The van der Waals surface area contributed by atoms with Crippen LogP contribution in [0.2, 0.25) is 0 Å². The SMILES string of the molecule is CS(=O)(=O)N1CCCC(CC(O)c2ccccc2I)C1. The second-order valence-corrected chi connectivity index (χ2v) is 8.55. The summed E-state index contributed by atoms with van der Waals surface area (Å²) >= 11 is 2.22. The molecule has 1 saturated heterocycles. The Balaban J connectivity index is 2.01. The first-order valence-corrected chi connectivity index (χ1v) is 9.68. The monoisotopic (exact) mass is 409 g/mol. The van der Waals surface area contributed by atoms with Crippen molar-refractivity contribution in [3.63, 3.8) is 0 Å². The summed E-state index contributed by atoms with van der Waals surface area (Å²) in [7, 11) is -3.12. The zero-order chi connectivity index (χ0) is 14.8. The van der Waals surface area contributed by atoms with Crippen LogP contribution < -0.4 is 0 Å². The molecule has 1 aromatic carbocycles. The topological polar surface area (TPSA) is 57.6 Å². The van der Waals surface area contributed by atoms with E-state index >= 15 is 0 Å². The summed E-state index contributed by atoms with van der Waals surface area (Å²) < 4.78 is 25.8. The Morgan fingerprint density at radius 3 is 2.80 bits per heavy atom. The van der Waals surface area contributed by atoms with Crippen molar-refractivity contribution in [2.75, 3.05) is 19.3 Å². The summed E-state index contributed by atoms with van der Waals surface area (Å²) in [6, 6.07) is 7.78. The standard InChI is InChI=1S/C14H20INO3S/c1-20(18,19)16-8-4-5-11(10-16)9-14(17)12-6-2-3-7-13(12)15/h2-3,6-7,11,14,17H,4-5,8-10H2,1H3. The first kappa shape index (κ1) is 16.2. The smallest absolute Gasteiger partial charge is 0.211 e. The quantitative estimate of drug-likeness (QED) is 0.778. The van der Waals surface area contributed by atoms with Gasteiger partial charge in [-0.25, -0.2) is 12.7 Å². The summed E-state index contributed by atoms with van der Waals surface area (Å²) in [6.07, 6.45) is 3.20. The van der Waals surface area contributed by atoms with Crippen molar-refractivity contribution in [2.45, 2.75) is 25.4 Å². The van der Waals surface area contributed by atoms with Crippen molar-refractivity contribution >= 4 is 32.6 Å². The minimum Gasteiger partial charge on any atom is -0.388 e. The van der Waals surface area contributed by atoms with Crippen molar-refractivity contribution in [1.82, 2.24) is 4.31 Å². The van der Waals surface area contributed by atoms with E-state index in [0.717, 1.165) is 22.0 Å². The zero-order valence-electron chi connectivity index (χ0n) is 11.5. The van der Waals surface area contributed by atoms with Crippen LogP contribution in [0.4, 0.5) is 0 Å². The molecule has 0 amide bonds. The van der Waals surface area contributed by atoms with Gasteiger partial charge in [-0.05, 0) is 59.4 Å². The fourth-order valence-electron chi connectivity index (χ4n) is 2.71. The van der Waals surface area contributed by atoms with Gasteiger partial charge in [0.1, 0.15) is 0 Å². The lowest BCUT2D eigenvalue weighted by Gasteiger charge is -2.32. The Morgan fingerprint density at radius 1 is 1.45 bits per heavy atom. The maximum Gasteiger partial charge on any atom is 0.211 e. The normalized spacial score (nSPS) is 22.6. The molecule has 0 saturated carbocycles. The van der Waals surface area contributed by atoms with Crippen LogP contribution in [0.5, 0.6) is 0 Å². The lowest BCUT2D eigenvalue weighted by Crippen LogP contribution is -2.39. The van der Waals surface area contributed by atoms with E-state index in [0.29, 0.717) is 19.5 Å². The highest BCUT2D eigenvalue weighted by Crippen LogP contribution is 2.30. The number of aliphatic hydroxyl groups excluding tert-OH is 1. The Kier molecular flexibility index (Phi) is 5.44. The average Bonchev–Trinajstić information content (AvgIpc) is 2.38. The molecule has 2 atom stereocenters. The number of piperidine rings is 1. The molecule has 1 aromatic rings. The fraction of sp³-hybridized carbons (Fsp3) is 0.571. The van der Waals surface area contributed by atoms with Gasteiger partial charge in [0.15, 0.2) is 0 Å². The van der Waals surface area contributed by atoms with E-state index in [1.54, 1.807) is 0 Å². The molecule has 6 heteroatoms. The van der Waals surface area contributed by atoms with Gasteiger partial charge in [-0.15, -0.1) is 0 Å². The molecule has 20 heavy (non-hydrogen) atoms. The third kappa shape index (κ3) is 4.16. The number of hydrogen-bond donors (Lipinski definition) is 1. The first-order valence-electron chi connectivity index (χ1n) is 6.75. The lowest BCUT2D eigenvalue weighted by molar-refractivity contribution is 0.122. The average molecular weight is 409 g/mol. The van der Waals surface area contributed by atoms with Gasteiger partial charge >= 0.3 is 0 Å². The van der Waals surface area contributed by atoms with Crippen LogP contribution in [0.15, 0.2) is 24.3 Å². The van der Waals surface area contributed by atoms with Gasteiger partial charge in [-0.2, -0.15) is 0 Å². The number of benzene rings is 1. The molecule has 0 spiro atoms. The molecule has 0 bridgehead atoms. The Hall–Kier alpha value is -0.180. The van der Waals surface area contributed by atoms with Gasteiger partial charge < -0.3 is 5.11 Å². The van der Waals surface area contributed by atoms with Gasteiger partial charge in [-0.1, -0.05) is 18.2 Å². The number of halogens is 1. The van der Waals surface area contributed by atoms with Gasteiger partial charge in [0, 0.05) is 16.7 Å². The molecular weight excluding hydrogens is 389 g/mol. The van der Waals surface area contributed by atoms with Crippen LogP contribution in [-0.4, -0.2) is 37.2 Å². The van der Waals surface area contributed by atoms with E-state index in [-0.39, 0.29) is 5.92 Å². The van der Waals surface area contributed by atoms with Gasteiger partial charge in [-0.3, -0.25) is 0 Å². The Morgan fingerprint density at radius 2 is 2.15 bits per heavy atom. The molecule has 1 aliphatic rings. The second-order valence-electron chi connectivity index (χ2n) is 5.40. The molecule has 112 valence electrons. The molecule has 1 fully saturated rings. The lowest BCUT2D eigenvalue weighted by atomic mass is 9.91. The largest absolute Gasteiger partial charge is 0.388 e. The molecule has 4 nitrogen and oxygen atoms in total. The van der Waals surface area contributed by atoms with Crippen LogP contribution in [0, 0.1) is 9.49 Å². The van der Waals surface area contributed by atoms with Crippen molar-refractivity contribution < 1.29 is 13.5 Å². The van der Waals surface area contributed by atoms with Crippen LogP contribution in [-0.2, 0) is 10.0 Å². The molecule has 1 heterocycles. The van der Waals surface area contributed by atoms with E-state index in [9.17, 15) is 13.5 Å². The van der Waals surface area contributed by atoms with E-state index in [2.05, 4.69) is 22.6 Å². The molecule has 1 aliphatic heterocycles. The highest BCUT2D eigenvalue weighted by atomic mass is 127. The Bertz CT molecular complexity index is 561. The summed E-state index contributed by atoms with van der Waals surface area (Å²) in [6.45, 7) is 1.13. The van der Waals surface area contributed by atoms with Crippen LogP contribution in [0.3, 0.4) is 0 Å². The highest BCUT2D eigenvalue weighted by molar-refractivity contribution is 14.1. The van der Waals surface area contributed by atoms with Gasteiger partial charge in [0.05, 0.1) is 12.4 Å². The first-order chi connectivity index (χ1) is 9.38. The van der Waals surface area contributed by atoms with E-state index in [1.165, 1.54) is 10.6 Å². The summed E-state index contributed by atoms with van der Waals surface area (Å²) in [5, 5.41) is 10.4. The number of rotatable bonds is 4. The Labute approximate surface area is 134 Å².